The van der Waals surface area contributed by atoms with Crippen LogP contribution < -0.4 is 0 Å². The topological polar surface area (TPSA) is 29.5 Å². The zero-order chi connectivity index (χ0) is 12.5. The monoisotopic (exact) mass is 233 g/mol. The Morgan fingerprint density at radius 2 is 2.00 bits per heavy atom. The van der Waals surface area contributed by atoms with Gasteiger partial charge in [0, 0.05) is 26.1 Å². The maximum Gasteiger partial charge on any atom is 0.251 e. The highest BCUT2D eigenvalue weighted by Gasteiger charge is 2.41. The van der Waals surface area contributed by atoms with Gasteiger partial charge < -0.3 is 9.64 Å². The molecule has 1 aromatic carbocycles. The van der Waals surface area contributed by atoms with Crippen molar-refractivity contribution in [1.82, 2.24) is 4.90 Å². The second-order valence-corrected chi connectivity index (χ2v) is 5.05. The predicted molar refractivity (Wildman–Crippen MR) is 66.8 cm³/mol. The zero-order valence-electron chi connectivity index (χ0n) is 10.6. The number of likely N-dealkylation sites (tertiary alicyclic amines) is 1. The van der Waals surface area contributed by atoms with E-state index in [-0.39, 0.29) is 17.4 Å². The van der Waals surface area contributed by atoms with E-state index in [1.807, 2.05) is 25.2 Å². The molecule has 3 heteroatoms. The van der Waals surface area contributed by atoms with Crippen molar-refractivity contribution in [3.05, 3.63) is 35.9 Å². The average molecular weight is 233 g/mol. The Kier molecular flexibility index (Phi) is 3.20. The lowest BCUT2D eigenvalue weighted by atomic mass is 9.75. The molecule has 0 aliphatic carbocycles. The number of methoxy groups -OCH3 is 1. The first-order valence-corrected chi connectivity index (χ1v) is 5.90. The largest absolute Gasteiger partial charge is 0.372 e. The normalized spacial score (nSPS) is 29.5. The number of ether oxygens (including phenoxy) is 1. The minimum absolute atomic E-state index is 0.0232. The number of carbonyl (C=O) groups excluding carboxylic acids is 1. The van der Waals surface area contributed by atoms with E-state index in [9.17, 15) is 4.79 Å². The Morgan fingerprint density at radius 3 is 2.59 bits per heavy atom. The fraction of sp³-hybridized carbons (Fsp3) is 0.500. The van der Waals surface area contributed by atoms with Crippen molar-refractivity contribution >= 4 is 5.91 Å². The lowest BCUT2D eigenvalue weighted by Gasteiger charge is -2.42. The molecule has 3 nitrogen and oxygen atoms in total. The molecule has 0 radical (unpaired) electrons. The highest BCUT2D eigenvalue weighted by atomic mass is 16.5. The van der Waals surface area contributed by atoms with Crippen molar-refractivity contribution in [2.24, 2.45) is 0 Å². The molecule has 92 valence electrons. The maximum absolute atomic E-state index is 11.9. The molecular weight excluding hydrogens is 214 g/mol. The van der Waals surface area contributed by atoms with Crippen molar-refractivity contribution in [3.8, 4) is 0 Å². The molecule has 1 aromatic rings. The van der Waals surface area contributed by atoms with Crippen molar-refractivity contribution < 1.29 is 9.53 Å². The molecule has 1 fully saturated rings. The Bertz CT molecular complexity index is 404. The molecule has 17 heavy (non-hydrogen) atoms. The maximum atomic E-state index is 11.9. The number of carbonyl (C=O) groups is 1. The van der Waals surface area contributed by atoms with Gasteiger partial charge in [-0.15, -0.1) is 0 Å². The zero-order valence-corrected chi connectivity index (χ0v) is 10.6. The van der Waals surface area contributed by atoms with Gasteiger partial charge in [-0.05, 0) is 12.0 Å². The summed E-state index contributed by atoms with van der Waals surface area (Å²) in [6, 6.07) is 10.3. The van der Waals surface area contributed by atoms with E-state index >= 15 is 0 Å². The summed E-state index contributed by atoms with van der Waals surface area (Å²) in [6.07, 6.45) is 0.426. The van der Waals surface area contributed by atoms with Gasteiger partial charge in [0.15, 0.2) is 0 Å². The predicted octanol–water partition coefficient (Wildman–Crippen LogP) is 1.82. The van der Waals surface area contributed by atoms with E-state index in [0.717, 1.165) is 13.0 Å². The summed E-state index contributed by atoms with van der Waals surface area (Å²) in [5.41, 5.74) is 1.24. The van der Waals surface area contributed by atoms with Crippen LogP contribution in [-0.4, -0.2) is 37.6 Å². The highest BCUT2D eigenvalue weighted by Crippen LogP contribution is 2.34. The lowest BCUT2D eigenvalue weighted by molar-refractivity contribution is -0.147. The third-order valence-electron chi connectivity index (χ3n) is 3.63. The number of piperidine rings is 1. The fourth-order valence-corrected chi connectivity index (χ4v) is 2.64. The molecule has 1 saturated heterocycles. The number of hydrogen-bond donors (Lipinski definition) is 0. The van der Waals surface area contributed by atoms with Crippen molar-refractivity contribution in [1.29, 1.82) is 0 Å². The summed E-state index contributed by atoms with van der Waals surface area (Å²) < 4.78 is 5.30. The van der Waals surface area contributed by atoms with Crippen molar-refractivity contribution in [2.75, 3.05) is 20.7 Å². The summed E-state index contributed by atoms with van der Waals surface area (Å²) in [5, 5.41) is 0. The fourth-order valence-electron chi connectivity index (χ4n) is 2.64. The van der Waals surface area contributed by atoms with Crippen LogP contribution in [0.1, 0.15) is 18.9 Å². The second-order valence-electron chi connectivity index (χ2n) is 5.05. The van der Waals surface area contributed by atoms with Crippen molar-refractivity contribution in [3.63, 3.8) is 0 Å². The van der Waals surface area contributed by atoms with E-state index in [1.54, 1.807) is 12.0 Å². The van der Waals surface area contributed by atoms with Crippen LogP contribution >= 0.6 is 0 Å². The van der Waals surface area contributed by atoms with Gasteiger partial charge in [-0.2, -0.15) is 0 Å². The van der Waals surface area contributed by atoms with Gasteiger partial charge in [0.1, 0.15) is 6.10 Å². The molecule has 0 bridgehead atoms. The first kappa shape index (κ1) is 12.1. The molecule has 1 aliphatic rings. The summed E-state index contributed by atoms with van der Waals surface area (Å²) in [5.74, 6) is 0.0842. The number of amides is 1. The van der Waals surface area contributed by atoms with Crippen LogP contribution in [0.3, 0.4) is 0 Å². The van der Waals surface area contributed by atoms with Gasteiger partial charge in [0.2, 0.25) is 0 Å². The summed E-state index contributed by atoms with van der Waals surface area (Å²) in [4.78, 5) is 13.6. The minimum Gasteiger partial charge on any atom is -0.372 e. The third-order valence-corrected chi connectivity index (χ3v) is 3.63. The van der Waals surface area contributed by atoms with Crippen LogP contribution in [0.25, 0.3) is 0 Å². The molecule has 2 unspecified atom stereocenters. The van der Waals surface area contributed by atoms with Gasteiger partial charge in [-0.25, -0.2) is 0 Å². The lowest BCUT2D eigenvalue weighted by Crippen LogP contribution is -2.53. The molecule has 2 rings (SSSR count). The van der Waals surface area contributed by atoms with Gasteiger partial charge in [-0.3, -0.25) is 4.79 Å². The van der Waals surface area contributed by atoms with Gasteiger partial charge >= 0.3 is 0 Å². The molecule has 1 amide bonds. The molecular formula is C14H19NO2. The Hall–Kier alpha value is -1.35. The van der Waals surface area contributed by atoms with Crippen LogP contribution in [0.5, 0.6) is 0 Å². The van der Waals surface area contributed by atoms with Gasteiger partial charge in [0.05, 0.1) is 0 Å². The summed E-state index contributed by atoms with van der Waals surface area (Å²) in [7, 11) is 3.45. The molecule has 0 spiro atoms. The Morgan fingerprint density at radius 1 is 1.35 bits per heavy atom. The van der Waals surface area contributed by atoms with Crippen LogP contribution in [-0.2, 0) is 14.9 Å². The Labute approximate surface area is 102 Å². The number of hydrogen-bond acceptors (Lipinski definition) is 2. The quantitative estimate of drug-likeness (QED) is 0.780. The molecule has 0 aromatic heterocycles. The van der Waals surface area contributed by atoms with Crippen LogP contribution in [0.2, 0.25) is 0 Å². The minimum atomic E-state index is -0.320. The number of rotatable bonds is 2. The van der Waals surface area contributed by atoms with E-state index in [2.05, 4.69) is 19.1 Å². The van der Waals surface area contributed by atoms with Crippen molar-refractivity contribution in [2.45, 2.75) is 24.9 Å². The van der Waals surface area contributed by atoms with E-state index in [1.165, 1.54) is 5.56 Å². The van der Waals surface area contributed by atoms with Crippen LogP contribution in [0.15, 0.2) is 30.3 Å². The summed E-state index contributed by atoms with van der Waals surface area (Å²) >= 11 is 0. The SMILES string of the molecule is COC1CC(C)(c2ccccc2)CN(C)C1=O. The first-order chi connectivity index (χ1) is 8.07. The number of likely N-dealkylation sites (N-methyl/N-ethyl adjacent to an activating group) is 1. The van der Waals surface area contributed by atoms with Crippen LogP contribution in [0.4, 0.5) is 0 Å². The van der Waals surface area contributed by atoms with Crippen LogP contribution in [0, 0.1) is 0 Å². The molecule has 0 N–H and O–H groups in total. The van der Waals surface area contributed by atoms with E-state index in [0.29, 0.717) is 0 Å². The first-order valence-electron chi connectivity index (χ1n) is 5.90. The second kappa shape index (κ2) is 4.49. The standard InChI is InChI=1S/C14H19NO2/c1-14(11-7-5-4-6-8-11)9-12(17-3)13(16)15(2)10-14/h4-8,12H,9-10H2,1-3H3. The molecule has 1 aliphatic heterocycles. The van der Waals surface area contributed by atoms with E-state index in [4.69, 9.17) is 4.74 Å². The number of benzene rings is 1. The Balaban J connectivity index is 2.30. The average Bonchev–Trinajstić information content (AvgIpc) is 2.35. The van der Waals surface area contributed by atoms with Gasteiger partial charge in [-0.1, -0.05) is 37.3 Å². The summed E-state index contributed by atoms with van der Waals surface area (Å²) in [6.45, 7) is 2.94. The molecule has 2 atom stereocenters. The molecule has 0 saturated carbocycles. The third kappa shape index (κ3) is 2.20. The highest BCUT2D eigenvalue weighted by molar-refractivity contribution is 5.82. The smallest absolute Gasteiger partial charge is 0.251 e. The van der Waals surface area contributed by atoms with Gasteiger partial charge in [0.25, 0.3) is 5.91 Å². The van der Waals surface area contributed by atoms with E-state index < -0.39 is 0 Å². The number of nitrogens with zero attached hydrogens (tertiary/aromatic N) is 1. The molecule has 1 heterocycles.